The van der Waals surface area contributed by atoms with Gasteiger partial charge in [0.1, 0.15) is 0 Å². The molecule has 0 N–H and O–H groups in total. The molecule has 0 radical (unpaired) electrons. The van der Waals surface area contributed by atoms with Crippen LogP contribution in [0.3, 0.4) is 0 Å². The van der Waals surface area contributed by atoms with Crippen LogP contribution in [0, 0.1) is 6.92 Å². The van der Waals surface area contributed by atoms with Crippen LogP contribution in [0.25, 0.3) is 11.3 Å². The molecule has 0 spiro atoms. The Kier molecular flexibility index (Phi) is 2.34. The molecule has 0 atom stereocenters. The molecule has 1 nitrogen and oxygen atoms in total. The Balaban J connectivity index is 2.49. The minimum absolute atomic E-state index is 0.774. The van der Waals surface area contributed by atoms with Gasteiger partial charge in [-0.15, -0.1) is 0 Å². The largest absolute Gasteiger partial charge is 0.256 e. The number of nitrogens with zero attached hydrogens (tertiary/aromatic N) is 1. The van der Waals surface area contributed by atoms with Gasteiger partial charge in [0, 0.05) is 22.2 Å². The van der Waals surface area contributed by atoms with Gasteiger partial charge in [-0.1, -0.05) is 11.6 Å². The lowest BCUT2D eigenvalue weighted by Crippen LogP contribution is -1.83. The molecule has 3 heteroatoms. The van der Waals surface area contributed by atoms with E-state index in [2.05, 4.69) is 10.4 Å². The summed E-state index contributed by atoms with van der Waals surface area (Å²) in [4.78, 5) is 4.30. The van der Waals surface area contributed by atoms with Crippen molar-refractivity contribution in [1.29, 1.82) is 0 Å². The number of rotatable bonds is 1. The van der Waals surface area contributed by atoms with Crippen molar-refractivity contribution >= 4 is 22.9 Å². The van der Waals surface area contributed by atoms with Crippen molar-refractivity contribution in [2.45, 2.75) is 6.92 Å². The van der Waals surface area contributed by atoms with E-state index in [1.165, 1.54) is 0 Å². The van der Waals surface area contributed by atoms with Gasteiger partial charge >= 0.3 is 0 Å². The second-order valence-corrected chi connectivity index (χ2v) is 4.02. The Hall–Kier alpha value is -0.860. The van der Waals surface area contributed by atoms with E-state index in [1.54, 1.807) is 17.5 Å². The first-order valence-electron chi connectivity index (χ1n) is 3.92. The number of halogens is 1. The van der Waals surface area contributed by atoms with Gasteiger partial charge in [0.05, 0.1) is 5.69 Å². The van der Waals surface area contributed by atoms with Gasteiger partial charge in [-0.3, -0.25) is 4.98 Å². The number of aromatic nitrogens is 1. The lowest BCUT2D eigenvalue weighted by Gasteiger charge is -1.99. The van der Waals surface area contributed by atoms with E-state index >= 15 is 0 Å². The molecule has 0 amide bonds. The van der Waals surface area contributed by atoms with Gasteiger partial charge in [0.25, 0.3) is 0 Å². The molecular weight excluding hydrogens is 202 g/mol. The molecule has 0 aliphatic carbocycles. The van der Waals surface area contributed by atoms with Crippen LogP contribution in [0.4, 0.5) is 0 Å². The first-order valence-corrected chi connectivity index (χ1v) is 5.24. The molecule has 2 heterocycles. The highest BCUT2D eigenvalue weighted by molar-refractivity contribution is 7.08. The van der Waals surface area contributed by atoms with Crippen LogP contribution >= 0.6 is 22.9 Å². The average Bonchev–Trinajstić information content (AvgIpc) is 2.62. The Morgan fingerprint density at radius 3 is 2.92 bits per heavy atom. The molecule has 2 aromatic heterocycles. The molecular formula is C10H8ClNS. The number of hydrogen-bond acceptors (Lipinski definition) is 2. The molecule has 0 saturated carbocycles. The zero-order valence-corrected chi connectivity index (χ0v) is 8.69. The minimum Gasteiger partial charge on any atom is -0.256 e. The fourth-order valence-electron chi connectivity index (χ4n) is 1.07. The van der Waals surface area contributed by atoms with Crippen molar-refractivity contribution in [3.63, 3.8) is 0 Å². The third-order valence-corrected chi connectivity index (χ3v) is 2.94. The maximum Gasteiger partial charge on any atom is 0.0725 e. The van der Waals surface area contributed by atoms with E-state index < -0.39 is 0 Å². The van der Waals surface area contributed by atoms with Crippen LogP contribution in [-0.4, -0.2) is 4.98 Å². The van der Waals surface area contributed by atoms with Crippen molar-refractivity contribution in [2.75, 3.05) is 0 Å². The highest BCUT2D eigenvalue weighted by Gasteiger charge is 2.01. The first-order chi connectivity index (χ1) is 6.27. The molecule has 0 saturated heterocycles. The summed E-state index contributed by atoms with van der Waals surface area (Å²) >= 11 is 7.66. The van der Waals surface area contributed by atoms with Gasteiger partial charge in [0.2, 0.25) is 0 Å². The average molecular weight is 210 g/mol. The third-order valence-electron chi connectivity index (χ3n) is 1.85. The summed E-state index contributed by atoms with van der Waals surface area (Å²) in [6, 6.07) is 3.94. The SMILES string of the molecule is Cc1cnc(-c2ccsc2)cc1Cl. The number of aryl methyl sites for hydroxylation is 1. The fraction of sp³-hybridized carbons (Fsp3) is 0.100. The van der Waals surface area contributed by atoms with Crippen LogP contribution in [0.2, 0.25) is 5.02 Å². The monoisotopic (exact) mass is 209 g/mol. The van der Waals surface area contributed by atoms with E-state index in [-0.39, 0.29) is 0 Å². The number of hydrogen-bond donors (Lipinski definition) is 0. The molecule has 0 bridgehead atoms. The predicted octanol–water partition coefficient (Wildman–Crippen LogP) is 3.77. The highest BCUT2D eigenvalue weighted by Crippen LogP contribution is 2.24. The molecule has 0 aromatic carbocycles. The maximum absolute atomic E-state index is 5.99. The highest BCUT2D eigenvalue weighted by atomic mass is 35.5. The van der Waals surface area contributed by atoms with Crippen LogP contribution in [0.1, 0.15) is 5.56 Å². The van der Waals surface area contributed by atoms with Crippen LogP contribution in [-0.2, 0) is 0 Å². The fourth-order valence-corrected chi connectivity index (χ4v) is 1.87. The van der Waals surface area contributed by atoms with E-state index in [1.807, 2.05) is 24.4 Å². The van der Waals surface area contributed by atoms with Crippen molar-refractivity contribution in [2.24, 2.45) is 0 Å². The Morgan fingerprint density at radius 1 is 1.46 bits per heavy atom. The van der Waals surface area contributed by atoms with Crippen molar-refractivity contribution in [3.8, 4) is 11.3 Å². The summed E-state index contributed by atoms with van der Waals surface area (Å²) in [7, 11) is 0. The maximum atomic E-state index is 5.99. The predicted molar refractivity (Wildman–Crippen MR) is 57.3 cm³/mol. The molecule has 0 aliphatic rings. The summed E-state index contributed by atoms with van der Waals surface area (Å²) in [6.07, 6.45) is 1.80. The minimum atomic E-state index is 0.774. The summed E-state index contributed by atoms with van der Waals surface area (Å²) in [5, 5.41) is 4.87. The Bertz CT molecular complexity index is 409. The molecule has 66 valence electrons. The van der Waals surface area contributed by atoms with Gasteiger partial charge < -0.3 is 0 Å². The zero-order chi connectivity index (χ0) is 9.26. The van der Waals surface area contributed by atoms with Gasteiger partial charge in [-0.25, -0.2) is 0 Å². The molecule has 0 unspecified atom stereocenters. The van der Waals surface area contributed by atoms with Gasteiger partial charge in [-0.2, -0.15) is 11.3 Å². The summed E-state index contributed by atoms with van der Waals surface area (Å²) in [5.41, 5.74) is 3.09. The summed E-state index contributed by atoms with van der Waals surface area (Å²) in [5.74, 6) is 0. The van der Waals surface area contributed by atoms with Gasteiger partial charge in [-0.05, 0) is 30.0 Å². The zero-order valence-electron chi connectivity index (χ0n) is 7.12. The molecule has 0 fully saturated rings. The lowest BCUT2D eigenvalue weighted by molar-refractivity contribution is 1.27. The standard InChI is InChI=1S/C10H8ClNS/c1-7-5-12-10(4-9(7)11)8-2-3-13-6-8/h2-6H,1H3. The summed E-state index contributed by atoms with van der Waals surface area (Å²) < 4.78 is 0. The van der Waals surface area contributed by atoms with Crippen molar-refractivity contribution in [1.82, 2.24) is 4.98 Å². The van der Waals surface area contributed by atoms with E-state index in [9.17, 15) is 0 Å². The Morgan fingerprint density at radius 2 is 2.31 bits per heavy atom. The number of thiophene rings is 1. The number of pyridine rings is 1. The third kappa shape index (κ3) is 1.74. The van der Waals surface area contributed by atoms with Crippen LogP contribution < -0.4 is 0 Å². The van der Waals surface area contributed by atoms with E-state index in [4.69, 9.17) is 11.6 Å². The molecule has 2 aromatic rings. The first kappa shape index (κ1) is 8.73. The topological polar surface area (TPSA) is 12.9 Å². The van der Waals surface area contributed by atoms with Crippen molar-refractivity contribution in [3.05, 3.63) is 39.7 Å². The van der Waals surface area contributed by atoms with E-state index in [0.717, 1.165) is 21.8 Å². The molecule has 13 heavy (non-hydrogen) atoms. The van der Waals surface area contributed by atoms with Gasteiger partial charge in [0.15, 0.2) is 0 Å². The quantitative estimate of drug-likeness (QED) is 0.697. The second kappa shape index (κ2) is 3.48. The molecule has 2 rings (SSSR count). The van der Waals surface area contributed by atoms with Crippen molar-refractivity contribution < 1.29 is 0 Å². The van der Waals surface area contributed by atoms with Crippen LogP contribution in [0.5, 0.6) is 0 Å². The smallest absolute Gasteiger partial charge is 0.0725 e. The summed E-state index contributed by atoms with van der Waals surface area (Å²) in [6.45, 7) is 1.95. The van der Waals surface area contributed by atoms with E-state index in [0.29, 0.717) is 0 Å². The van der Waals surface area contributed by atoms with Crippen LogP contribution in [0.15, 0.2) is 29.1 Å². The second-order valence-electron chi connectivity index (χ2n) is 2.83. The lowest BCUT2D eigenvalue weighted by atomic mass is 10.2. The molecule has 0 aliphatic heterocycles. The Labute approximate surface area is 86.0 Å². The normalized spacial score (nSPS) is 10.3.